The van der Waals surface area contributed by atoms with Gasteiger partial charge in [0.2, 0.25) is 5.91 Å². The van der Waals surface area contributed by atoms with Gasteiger partial charge in [-0.2, -0.15) is 0 Å². The molecule has 1 aromatic heterocycles. The molecule has 0 bridgehead atoms. The van der Waals surface area contributed by atoms with E-state index in [-0.39, 0.29) is 11.8 Å². The minimum Gasteiger partial charge on any atom is -0.372 e. The zero-order valence-electron chi connectivity index (χ0n) is 19.3. The molecule has 1 saturated heterocycles. The van der Waals surface area contributed by atoms with E-state index in [9.17, 15) is 4.79 Å². The van der Waals surface area contributed by atoms with Gasteiger partial charge in [-0.3, -0.25) is 14.8 Å². The van der Waals surface area contributed by atoms with Crippen LogP contribution in [0.1, 0.15) is 50.1 Å². The van der Waals surface area contributed by atoms with Crippen LogP contribution in [0.3, 0.4) is 0 Å². The van der Waals surface area contributed by atoms with Crippen molar-refractivity contribution < 1.29 is 4.79 Å². The lowest BCUT2D eigenvalue weighted by molar-refractivity contribution is -0.120. The van der Waals surface area contributed by atoms with E-state index < -0.39 is 0 Å². The van der Waals surface area contributed by atoms with E-state index >= 15 is 0 Å². The minimum atomic E-state index is 0.0658. The summed E-state index contributed by atoms with van der Waals surface area (Å²) in [5.74, 6) is 1.01. The fourth-order valence-corrected chi connectivity index (χ4v) is 3.62. The summed E-state index contributed by atoms with van der Waals surface area (Å²) in [6.07, 6.45) is 10.4. The second-order valence-corrected chi connectivity index (χ2v) is 8.13. The van der Waals surface area contributed by atoms with E-state index in [1.54, 1.807) is 19.4 Å². The zero-order chi connectivity index (χ0) is 22.8. The van der Waals surface area contributed by atoms with Crippen molar-refractivity contribution in [2.45, 2.75) is 33.1 Å². The summed E-state index contributed by atoms with van der Waals surface area (Å²) in [4.78, 5) is 27.3. The van der Waals surface area contributed by atoms with Crippen LogP contribution in [0, 0.1) is 5.92 Å². The van der Waals surface area contributed by atoms with Gasteiger partial charge in [0.1, 0.15) is 11.5 Å². The summed E-state index contributed by atoms with van der Waals surface area (Å²) >= 11 is 0. The molecule has 2 heterocycles. The SMILES string of the molecule is CCC(=O)NCC(C)CNC(=NC)c1nccnc1/C=C/c1ccc(N2CCCC2)cc1. The molecule has 7 nitrogen and oxygen atoms in total. The second kappa shape index (κ2) is 12.0. The molecule has 1 atom stereocenters. The number of carbonyl (C=O) groups is 1. The monoisotopic (exact) mass is 434 g/mol. The standard InChI is InChI=1S/C25H34N6O/c1-4-23(32)29-17-19(2)18-30-25(26-3)24-22(27-13-14-28-24)12-9-20-7-10-21(11-8-20)31-15-5-6-16-31/h7-14,19H,4-6,15-18H2,1-3H3,(H,26,30)(H,29,32)/b12-9+. The number of amides is 1. The third-order valence-corrected chi connectivity index (χ3v) is 5.56. The van der Waals surface area contributed by atoms with Crippen molar-refractivity contribution in [1.29, 1.82) is 0 Å². The summed E-state index contributed by atoms with van der Waals surface area (Å²) in [6, 6.07) is 8.64. The molecule has 0 saturated carbocycles. The van der Waals surface area contributed by atoms with Crippen molar-refractivity contribution in [1.82, 2.24) is 20.6 Å². The number of amidine groups is 1. The van der Waals surface area contributed by atoms with Gasteiger partial charge < -0.3 is 15.5 Å². The van der Waals surface area contributed by atoms with E-state index in [2.05, 4.69) is 67.8 Å². The van der Waals surface area contributed by atoms with E-state index in [1.807, 2.05) is 13.0 Å². The third kappa shape index (κ3) is 6.64. The number of aromatic nitrogens is 2. The van der Waals surface area contributed by atoms with Crippen molar-refractivity contribution in [2.75, 3.05) is 38.1 Å². The Labute approximate surface area is 191 Å². The molecule has 0 aliphatic carbocycles. The lowest BCUT2D eigenvalue weighted by Crippen LogP contribution is -2.36. The molecule has 0 radical (unpaired) electrons. The molecule has 0 spiro atoms. The molecule has 2 N–H and O–H groups in total. The largest absolute Gasteiger partial charge is 0.372 e. The second-order valence-electron chi connectivity index (χ2n) is 8.13. The van der Waals surface area contributed by atoms with Crippen molar-refractivity contribution in [3.63, 3.8) is 0 Å². The van der Waals surface area contributed by atoms with E-state index in [1.165, 1.54) is 18.5 Å². The minimum absolute atomic E-state index is 0.0658. The van der Waals surface area contributed by atoms with Gasteiger partial charge in [-0.25, -0.2) is 4.98 Å². The average Bonchev–Trinajstić information content (AvgIpc) is 3.37. The summed E-state index contributed by atoms with van der Waals surface area (Å²) in [5.41, 5.74) is 3.88. The maximum Gasteiger partial charge on any atom is 0.219 e. The number of carbonyl (C=O) groups excluding carboxylic acids is 1. The van der Waals surface area contributed by atoms with Gasteiger partial charge in [0.25, 0.3) is 0 Å². The first-order chi connectivity index (χ1) is 15.6. The number of aliphatic imine (C=N–C) groups is 1. The Kier molecular flexibility index (Phi) is 8.78. The highest BCUT2D eigenvalue weighted by molar-refractivity contribution is 6.00. The first-order valence-electron chi connectivity index (χ1n) is 11.4. The van der Waals surface area contributed by atoms with Crippen LogP contribution in [0.4, 0.5) is 5.69 Å². The zero-order valence-corrected chi connectivity index (χ0v) is 19.3. The van der Waals surface area contributed by atoms with Crippen molar-refractivity contribution >= 4 is 29.6 Å². The van der Waals surface area contributed by atoms with Gasteiger partial charge in [0, 0.05) is 57.7 Å². The molecule has 170 valence electrons. The Bertz CT molecular complexity index is 932. The maximum atomic E-state index is 11.5. The topological polar surface area (TPSA) is 82.5 Å². The Hall–Kier alpha value is -3.22. The molecule has 2 aromatic rings. The number of benzene rings is 1. The lowest BCUT2D eigenvalue weighted by atomic mass is 10.1. The van der Waals surface area contributed by atoms with Crippen LogP contribution in [0.2, 0.25) is 0 Å². The molecule has 1 aromatic carbocycles. The van der Waals surface area contributed by atoms with E-state index in [0.29, 0.717) is 31.0 Å². The van der Waals surface area contributed by atoms with E-state index in [4.69, 9.17) is 0 Å². The van der Waals surface area contributed by atoms with Gasteiger partial charge >= 0.3 is 0 Å². The molecule has 1 aliphatic rings. The van der Waals surface area contributed by atoms with Gasteiger partial charge in [-0.15, -0.1) is 0 Å². The van der Waals surface area contributed by atoms with Gasteiger partial charge in [-0.1, -0.05) is 32.1 Å². The molecule has 1 unspecified atom stereocenters. The first-order valence-corrected chi connectivity index (χ1v) is 11.4. The summed E-state index contributed by atoms with van der Waals surface area (Å²) in [6.45, 7) is 7.53. The van der Waals surface area contributed by atoms with Crippen LogP contribution in [-0.4, -0.2) is 54.9 Å². The quantitative estimate of drug-likeness (QED) is 0.467. The summed E-state index contributed by atoms with van der Waals surface area (Å²) in [5, 5.41) is 6.29. The summed E-state index contributed by atoms with van der Waals surface area (Å²) < 4.78 is 0. The van der Waals surface area contributed by atoms with Crippen LogP contribution in [0.15, 0.2) is 41.7 Å². The highest BCUT2D eigenvalue weighted by Crippen LogP contribution is 2.21. The number of rotatable bonds is 9. The fourth-order valence-electron chi connectivity index (χ4n) is 3.62. The highest BCUT2D eigenvalue weighted by atomic mass is 16.1. The summed E-state index contributed by atoms with van der Waals surface area (Å²) in [7, 11) is 1.74. The molecular weight excluding hydrogens is 400 g/mol. The van der Waals surface area contributed by atoms with E-state index in [0.717, 1.165) is 24.3 Å². The van der Waals surface area contributed by atoms with Gasteiger partial charge in [-0.05, 0) is 42.5 Å². The predicted molar refractivity (Wildman–Crippen MR) is 132 cm³/mol. The van der Waals surface area contributed by atoms with Crippen molar-refractivity contribution in [2.24, 2.45) is 10.9 Å². The van der Waals surface area contributed by atoms with Crippen LogP contribution in [-0.2, 0) is 4.79 Å². The third-order valence-electron chi connectivity index (χ3n) is 5.56. The Morgan fingerprint density at radius 3 is 2.47 bits per heavy atom. The fraction of sp³-hybridized carbons (Fsp3) is 0.440. The first kappa shape index (κ1) is 23.4. The number of anilines is 1. The molecular formula is C25H34N6O. The van der Waals surface area contributed by atoms with Crippen molar-refractivity contribution in [3.8, 4) is 0 Å². The number of nitrogens with one attached hydrogen (secondary N) is 2. The van der Waals surface area contributed by atoms with Crippen LogP contribution in [0.25, 0.3) is 12.2 Å². The number of hydrogen-bond donors (Lipinski definition) is 2. The smallest absolute Gasteiger partial charge is 0.219 e. The Morgan fingerprint density at radius 2 is 1.78 bits per heavy atom. The van der Waals surface area contributed by atoms with Crippen LogP contribution >= 0.6 is 0 Å². The van der Waals surface area contributed by atoms with Crippen molar-refractivity contribution in [3.05, 3.63) is 53.6 Å². The van der Waals surface area contributed by atoms with Gasteiger partial charge in [0.15, 0.2) is 0 Å². The molecule has 7 heteroatoms. The number of nitrogens with zero attached hydrogens (tertiary/aromatic N) is 4. The van der Waals surface area contributed by atoms with Crippen LogP contribution < -0.4 is 15.5 Å². The maximum absolute atomic E-state index is 11.5. The number of hydrogen-bond acceptors (Lipinski definition) is 5. The Balaban J connectivity index is 1.64. The molecule has 1 amide bonds. The van der Waals surface area contributed by atoms with Crippen LogP contribution in [0.5, 0.6) is 0 Å². The molecule has 1 fully saturated rings. The predicted octanol–water partition coefficient (Wildman–Crippen LogP) is 3.38. The molecule has 1 aliphatic heterocycles. The highest BCUT2D eigenvalue weighted by Gasteiger charge is 2.13. The average molecular weight is 435 g/mol. The molecule has 3 rings (SSSR count). The molecule has 32 heavy (non-hydrogen) atoms. The normalized spacial score (nSPS) is 15.2. The van der Waals surface area contributed by atoms with Gasteiger partial charge in [0.05, 0.1) is 5.69 Å². The lowest BCUT2D eigenvalue weighted by Gasteiger charge is -2.17. The Morgan fingerprint density at radius 1 is 1.09 bits per heavy atom.